The summed E-state index contributed by atoms with van der Waals surface area (Å²) < 4.78 is 48.3. The number of rotatable bonds is 8. The molecule has 6 rings (SSSR count). The number of carbonyl (C=O) groups excluding carboxylic acids is 2. The van der Waals surface area contributed by atoms with Gasteiger partial charge in [-0.15, -0.1) is 0 Å². The van der Waals surface area contributed by atoms with E-state index >= 15 is 8.78 Å². The maximum Gasteiger partial charge on any atom is 0.247 e. The van der Waals surface area contributed by atoms with E-state index in [4.69, 9.17) is 14.2 Å². The van der Waals surface area contributed by atoms with Gasteiger partial charge in [0.05, 0.1) is 50.4 Å². The second-order valence-corrected chi connectivity index (χ2v) is 10.5. The van der Waals surface area contributed by atoms with E-state index in [9.17, 15) is 9.59 Å². The van der Waals surface area contributed by atoms with Crippen molar-refractivity contribution in [2.75, 3.05) is 37.7 Å². The van der Waals surface area contributed by atoms with Gasteiger partial charge in [0.2, 0.25) is 11.8 Å². The molecule has 2 aromatic heterocycles. The Morgan fingerprint density at radius 3 is 2.56 bits per heavy atom. The molecule has 2 aliphatic heterocycles. The fourth-order valence-electron chi connectivity index (χ4n) is 5.74. The van der Waals surface area contributed by atoms with Crippen LogP contribution in [0.2, 0.25) is 0 Å². The Balaban J connectivity index is 1.43. The molecule has 41 heavy (non-hydrogen) atoms. The lowest BCUT2D eigenvalue weighted by Crippen LogP contribution is -2.45. The first-order chi connectivity index (χ1) is 19.8. The van der Waals surface area contributed by atoms with Gasteiger partial charge in [0, 0.05) is 31.3 Å². The molecule has 3 aromatic rings. The van der Waals surface area contributed by atoms with Gasteiger partial charge in [-0.3, -0.25) is 19.3 Å². The van der Waals surface area contributed by atoms with E-state index in [0.29, 0.717) is 55.2 Å². The smallest absolute Gasteiger partial charge is 0.247 e. The molecule has 1 saturated carbocycles. The van der Waals surface area contributed by atoms with E-state index < -0.39 is 34.6 Å². The summed E-state index contributed by atoms with van der Waals surface area (Å²) in [7, 11) is 2.52. The zero-order chi connectivity index (χ0) is 28.9. The minimum absolute atomic E-state index is 0.0912. The lowest BCUT2D eigenvalue weighted by atomic mass is 9.86. The SMILES string of the molecule is C=CC(=O)Nc1cnn(CC2CCOC2)c1-c1cc2c(cn1)CN(c1c(F)c(OC)cc(OC)c1F)C(=O)C21CC1. The molecule has 1 unspecified atom stereocenters. The molecule has 2 amide bonds. The molecule has 0 bridgehead atoms. The number of anilines is 2. The lowest BCUT2D eigenvalue weighted by molar-refractivity contribution is -0.121. The topological polar surface area (TPSA) is 108 Å². The van der Waals surface area contributed by atoms with Crippen molar-refractivity contribution in [3.63, 3.8) is 0 Å². The van der Waals surface area contributed by atoms with E-state index in [-0.39, 0.29) is 24.0 Å². The molecule has 12 heteroatoms. The van der Waals surface area contributed by atoms with Crippen LogP contribution >= 0.6 is 0 Å². The van der Waals surface area contributed by atoms with Crippen molar-refractivity contribution in [3.05, 3.63) is 59.9 Å². The number of pyridine rings is 1. The molecule has 214 valence electrons. The van der Waals surface area contributed by atoms with Gasteiger partial charge in [-0.05, 0) is 42.5 Å². The van der Waals surface area contributed by atoms with Crippen LogP contribution in [0.1, 0.15) is 30.4 Å². The minimum Gasteiger partial charge on any atom is -0.493 e. The van der Waals surface area contributed by atoms with Crippen LogP contribution in [0.4, 0.5) is 20.2 Å². The number of hydrogen-bond donors (Lipinski definition) is 1. The van der Waals surface area contributed by atoms with E-state index in [1.54, 1.807) is 17.1 Å². The number of carbonyl (C=O) groups is 2. The first-order valence-corrected chi connectivity index (χ1v) is 13.3. The first-order valence-electron chi connectivity index (χ1n) is 13.3. The molecule has 1 atom stereocenters. The van der Waals surface area contributed by atoms with Crippen LogP contribution in [0, 0.1) is 17.6 Å². The number of fused-ring (bicyclic) bond motifs is 2. The number of ether oxygens (including phenoxy) is 3. The Bertz CT molecular complexity index is 1530. The zero-order valence-corrected chi connectivity index (χ0v) is 22.7. The molecule has 10 nitrogen and oxygen atoms in total. The van der Waals surface area contributed by atoms with Crippen molar-refractivity contribution in [1.29, 1.82) is 0 Å². The largest absolute Gasteiger partial charge is 0.493 e. The molecule has 1 spiro atoms. The van der Waals surface area contributed by atoms with Crippen molar-refractivity contribution in [3.8, 4) is 22.9 Å². The number of halogens is 2. The van der Waals surface area contributed by atoms with Crippen molar-refractivity contribution in [1.82, 2.24) is 14.8 Å². The molecule has 0 radical (unpaired) electrons. The molecule has 4 heterocycles. The maximum absolute atomic E-state index is 15.4. The van der Waals surface area contributed by atoms with Gasteiger partial charge in [-0.25, -0.2) is 8.78 Å². The summed E-state index contributed by atoms with van der Waals surface area (Å²) >= 11 is 0. The summed E-state index contributed by atoms with van der Waals surface area (Å²) in [6.07, 6.45) is 6.27. The number of methoxy groups -OCH3 is 2. The molecule has 1 aromatic carbocycles. The minimum atomic E-state index is -0.981. The maximum atomic E-state index is 15.4. The predicted molar refractivity (Wildman–Crippen MR) is 145 cm³/mol. The quantitative estimate of drug-likeness (QED) is 0.412. The molecular weight excluding hydrogens is 536 g/mol. The number of nitrogens with zero attached hydrogens (tertiary/aromatic N) is 4. The first kappa shape index (κ1) is 26.9. The van der Waals surface area contributed by atoms with Gasteiger partial charge in [0.25, 0.3) is 0 Å². The van der Waals surface area contributed by atoms with Crippen molar-refractivity contribution in [2.24, 2.45) is 5.92 Å². The highest BCUT2D eigenvalue weighted by atomic mass is 19.1. The second-order valence-electron chi connectivity index (χ2n) is 10.5. The van der Waals surface area contributed by atoms with Crippen molar-refractivity contribution >= 4 is 23.2 Å². The fourth-order valence-corrected chi connectivity index (χ4v) is 5.74. The summed E-state index contributed by atoms with van der Waals surface area (Å²) in [6, 6.07) is 2.94. The van der Waals surface area contributed by atoms with E-state index in [2.05, 4.69) is 22.0 Å². The van der Waals surface area contributed by atoms with Gasteiger partial charge >= 0.3 is 0 Å². The number of hydrogen-bond acceptors (Lipinski definition) is 7. The van der Waals surface area contributed by atoms with Gasteiger partial charge in [0.15, 0.2) is 23.1 Å². The normalized spacial score (nSPS) is 18.8. The molecule has 1 saturated heterocycles. The van der Waals surface area contributed by atoms with Crippen LogP contribution in [0.5, 0.6) is 11.5 Å². The van der Waals surface area contributed by atoms with E-state index in [1.165, 1.54) is 20.3 Å². The number of nitrogens with one attached hydrogen (secondary N) is 1. The number of benzene rings is 1. The third-order valence-corrected chi connectivity index (χ3v) is 8.04. The molecule has 1 aliphatic carbocycles. The highest BCUT2D eigenvalue weighted by Gasteiger charge is 2.57. The van der Waals surface area contributed by atoms with Crippen LogP contribution in [-0.2, 0) is 32.8 Å². The Morgan fingerprint density at radius 1 is 1.22 bits per heavy atom. The number of aromatic nitrogens is 3. The van der Waals surface area contributed by atoms with Gasteiger partial charge in [-0.1, -0.05) is 6.58 Å². The van der Waals surface area contributed by atoms with E-state index in [1.807, 2.05) is 6.07 Å². The summed E-state index contributed by atoms with van der Waals surface area (Å²) in [5, 5.41) is 7.31. The summed E-state index contributed by atoms with van der Waals surface area (Å²) in [5.74, 6) is -2.97. The Kier molecular flexibility index (Phi) is 6.72. The summed E-state index contributed by atoms with van der Waals surface area (Å²) in [4.78, 5) is 31.9. The third-order valence-electron chi connectivity index (χ3n) is 8.04. The van der Waals surface area contributed by atoms with Crippen LogP contribution < -0.4 is 19.7 Å². The summed E-state index contributed by atoms with van der Waals surface area (Å²) in [5.41, 5.74) is 1.52. The Morgan fingerprint density at radius 2 is 1.95 bits per heavy atom. The van der Waals surface area contributed by atoms with Crippen molar-refractivity contribution < 1.29 is 32.6 Å². The second kappa shape index (κ2) is 10.3. The molecular formula is C29H29F2N5O5. The lowest BCUT2D eigenvalue weighted by Gasteiger charge is -2.35. The fraction of sp³-hybridized carbons (Fsp3) is 0.379. The zero-order valence-electron chi connectivity index (χ0n) is 22.7. The highest BCUT2D eigenvalue weighted by Crippen LogP contribution is 2.55. The van der Waals surface area contributed by atoms with Gasteiger partial charge in [-0.2, -0.15) is 5.10 Å². The summed E-state index contributed by atoms with van der Waals surface area (Å²) in [6.45, 7) is 5.29. The van der Waals surface area contributed by atoms with E-state index in [0.717, 1.165) is 23.0 Å². The standard InChI is InChI=1S/C29H29F2N5O5/c1-4-23(37)34-20-12-33-36(13-16-5-8-41-15-16)26(20)19-9-18-17(11-32-19)14-35(28(38)29(18)6-7-29)27-24(30)21(39-2)10-22(40-3)25(27)31/h4,9-12,16H,1,5-8,13-15H2,2-3H3,(H,34,37). The average molecular weight is 566 g/mol. The van der Waals surface area contributed by atoms with Crippen molar-refractivity contribution in [2.45, 2.75) is 37.8 Å². The predicted octanol–water partition coefficient (Wildman–Crippen LogP) is 3.98. The van der Waals surface area contributed by atoms with Crippen LogP contribution in [0.25, 0.3) is 11.4 Å². The van der Waals surface area contributed by atoms with Crippen LogP contribution in [0.15, 0.2) is 37.2 Å². The molecule has 2 fully saturated rings. The average Bonchev–Trinajstić information content (AvgIpc) is 3.42. The number of amides is 2. The Hall–Kier alpha value is -4.32. The molecule has 1 N–H and O–H groups in total. The van der Waals surface area contributed by atoms with Gasteiger partial charge < -0.3 is 24.4 Å². The third kappa shape index (κ3) is 4.42. The monoisotopic (exact) mass is 565 g/mol. The highest BCUT2D eigenvalue weighted by molar-refractivity contribution is 6.06. The van der Waals surface area contributed by atoms with Crippen LogP contribution in [-0.4, -0.2) is 54.0 Å². The molecule has 3 aliphatic rings. The Labute approximate surface area is 234 Å². The van der Waals surface area contributed by atoms with Crippen LogP contribution in [0.3, 0.4) is 0 Å². The van der Waals surface area contributed by atoms with Gasteiger partial charge in [0.1, 0.15) is 11.4 Å².